The number of aryl methyl sites for hydroxylation is 2. The molecule has 2 heterocycles. The smallest absolute Gasteiger partial charge is 0.419 e. The number of benzene rings is 2. The largest absolute Gasteiger partial charge is 0.497 e. The summed E-state index contributed by atoms with van der Waals surface area (Å²) in [5, 5.41) is 3.03. The quantitative estimate of drug-likeness (QED) is 0.509. The number of oxazole rings is 1. The van der Waals surface area contributed by atoms with E-state index in [1.165, 1.54) is 4.57 Å². The number of para-hydroxylation sites is 2. The first-order valence-electron chi connectivity index (χ1n) is 9.55. The van der Waals surface area contributed by atoms with Crippen LogP contribution in [0.25, 0.3) is 11.1 Å². The fourth-order valence-electron chi connectivity index (χ4n) is 3.45. The standard InChI is InChI=1S/C22H22N4O4/c1-25-13-11-23-21(25)20(15-6-5-7-16(14-15)29-2)24-19(27)10-12-26-17-8-3-4-9-18(17)30-22(26)28/h3-9,11,13-14,20H,10,12H2,1-2H3,(H,24,27). The maximum atomic E-state index is 12.8. The third kappa shape index (κ3) is 3.84. The fourth-order valence-corrected chi connectivity index (χ4v) is 3.45. The molecule has 1 atom stereocenters. The van der Waals surface area contributed by atoms with Crippen LogP contribution in [0.1, 0.15) is 23.9 Å². The molecule has 8 heteroatoms. The number of rotatable bonds is 7. The van der Waals surface area contributed by atoms with Gasteiger partial charge in [-0.25, -0.2) is 9.78 Å². The lowest BCUT2D eigenvalue weighted by Gasteiger charge is -2.20. The van der Waals surface area contributed by atoms with Gasteiger partial charge in [0.25, 0.3) is 0 Å². The molecule has 0 fully saturated rings. The third-order valence-electron chi connectivity index (χ3n) is 4.99. The summed E-state index contributed by atoms with van der Waals surface area (Å²) in [5.74, 6) is 0.709. The zero-order valence-electron chi connectivity index (χ0n) is 16.7. The number of amides is 1. The Morgan fingerprint density at radius 2 is 2.07 bits per heavy atom. The Morgan fingerprint density at radius 1 is 1.23 bits per heavy atom. The second-order valence-corrected chi connectivity index (χ2v) is 6.91. The van der Waals surface area contributed by atoms with Crippen LogP contribution in [-0.4, -0.2) is 27.1 Å². The van der Waals surface area contributed by atoms with E-state index < -0.39 is 11.8 Å². The molecule has 4 rings (SSSR count). The molecule has 8 nitrogen and oxygen atoms in total. The highest BCUT2D eigenvalue weighted by atomic mass is 16.5. The van der Waals surface area contributed by atoms with Gasteiger partial charge in [0.05, 0.1) is 12.6 Å². The Balaban J connectivity index is 1.55. The lowest BCUT2D eigenvalue weighted by Crippen LogP contribution is -2.32. The van der Waals surface area contributed by atoms with Gasteiger partial charge >= 0.3 is 5.76 Å². The molecule has 1 unspecified atom stereocenters. The van der Waals surface area contributed by atoms with E-state index in [0.717, 1.165) is 5.56 Å². The zero-order chi connectivity index (χ0) is 21.1. The lowest BCUT2D eigenvalue weighted by molar-refractivity contribution is -0.121. The molecule has 2 aromatic carbocycles. The molecule has 0 radical (unpaired) electrons. The van der Waals surface area contributed by atoms with Crippen molar-refractivity contribution in [3.8, 4) is 5.75 Å². The van der Waals surface area contributed by atoms with E-state index in [1.807, 2.05) is 48.1 Å². The number of fused-ring (bicyclic) bond motifs is 1. The van der Waals surface area contributed by atoms with Gasteiger partial charge in [0.2, 0.25) is 5.91 Å². The molecule has 1 amide bonds. The van der Waals surface area contributed by atoms with Crippen LogP contribution in [0.5, 0.6) is 5.75 Å². The van der Waals surface area contributed by atoms with E-state index in [2.05, 4.69) is 10.3 Å². The van der Waals surface area contributed by atoms with Crippen molar-refractivity contribution in [3.05, 3.63) is 82.9 Å². The van der Waals surface area contributed by atoms with Crippen LogP contribution in [-0.2, 0) is 18.4 Å². The molecule has 30 heavy (non-hydrogen) atoms. The van der Waals surface area contributed by atoms with Crippen LogP contribution in [0, 0.1) is 0 Å². The molecule has 0 saturated heterocycles. The van der Waals surface area contributed by atoms with Crippen molar-refractivity contribution in [1.29, 1.82) is 0 Å². The molecule has 4 aromatic rings. The molecule has 0 aliphatic rings. The van der Waals surface area contributed by atoms with Crippen LogP contribution >= 0.6 is 0 Å². The van der Waals surface area contributed by atoms with Crippen molar-refractivity contribution in [2.75, 3.05) is 7.11 Å². The van der Waals surface area contributed by atoms with Gasteiger partial charge in [0, 0.05) is 32.4 Å². The number of imidazole rings is 1. The summed E-state index contributed by atoms with van der Waals surface area (Å²) in [6, 6.07) is 14.2. The van der Waals surface area contributed by atoms with Crippen LogP contribution < -0.4 is 15.8 Å². The van der Waals surface area contributed by atoms with Gasteiger partial charge in [-0.05, 0) is 29.8 Å². The Kier molecular flexibility index (Phi) is 5.38. The molecule has 0 bridgehead atoms. The molecule has 0 aliphatic heterocycles. The van der Waals surface area contributed by atoms with Crippen molar-refractivity contribution in [1.82, 2.24) is 19.4 Å². The first-order chi connectivity index (χ1) is 14.6. The highest BCUT2D eigenvalue weighted by Crippen LogP contribution is 2.24. The van der Waals surface area contributed by atoms with E-state index in [1.54, 1.807) is 31.5 Å². The van der Waals surface area contributed by atoms with E-state index in [0.29, 0.717) is 22.7 Å². The van der Waals surface area contributed by atoms with Crippen molar-refractivity contribution < 1.29 is 13.9 Å². The lowest BCUT2D eigenvalue weighted by atomic mass is 10.1. The summed E-state index contributed by atoms with van der Waals surface area (Å²) in [4.78, 5) is 29.3. The topological polar surface area (TPSA) is 91.3 Å². The number of nitrogens with zero attached hydrogens (tertiary/aromatic N) is 3. The van der Waals surface area contributed by atoms with Gasteiger partial charge in [-0.3, -0.25) is 9.36 Å². The van der Waals surface area contributed by atoms with Gasteiger partial charge < -0.3 is 19.0 Å². The van der Waals surface area contributed by atoms with Gasteiger partial charge in [-0.15, -0.1) is 0 Å². The monoisotopic (exact) mass is 406 g/mol. The molecule has 2 aromatic heterocycles. The van der Waals surface area contributed by atoms with E-state index in [4.69, 9.17) is 9.15 Å². The summed E-state index contributed by atoms with van der Waals surface area (Å²) in [7, 11) is 3.47. The average molecular weight is 406 g/mol. The first-order valence-corrected chi connectivity index (χ1v) is 9.55. The van der Waals surface area contributed by atoms with Crippen LogP contribution in [0.15, 0.2) is 70.1 Å². The highest BCUT2D eigenvalue weighted by molar-refractivity contribution is 5.77. The Labute approximate surface area is 172 Å². The summed E-state index contributed by atoms with van der Waals surface area (Å²) in [6.45, 7) is 0.215. The van der Waals surface area contributed by atoms with Gasteiger partial charge in [-0.1, -0.05) is 24.3 Å². The average Bonchev–Trinajstić information content (AvgIpc) is 3.32. The minimum atomic E-state index is -0.475. The zero-order valence-corrected chi connectivity index (χ0v) is 16.7. The van der Waals surface area contributed by atoms with Gasteiger partial charge in [0.15, 0.2) is 5.58 Å². The van der Waals surface area contributed by atoms with Crippen molar-refractivity contribution in [2.45, 2.75) is 19.0 Å². The Bertz CT molecular complexity index is 1240. The van der Waals surface area contributed by atoms with E-state index >= 15 is 0 Å². The van der Waals surface area contributed by atoms with E-state index in [9.17, 15) is 9.59 Å². The number of ether oxygens (including phenoxy) is 1. The fraction of sp³-hybridized carbons (Fsp3) is 0.227. The molecule has 0 spiro atoms. The first kappa shape index (κ1) is 19.5. The second kappa shape index (κ2) is 8.28. The number of methoxy groups -OCH3 is 1. The number of hydrogen-bond donors (Lipinski definition) is 1. The molecule has 0 saturated carbocycles. The van der Waals surface area contributed by atoms with Gasteiger partial charge in [0.1, 0.15) is 17.6 Å². The summed E-state index contributed by atoms with van der Waals surface area (Å²) in [5.41, 5.74) is 2.02. The highest BCUT2D eigenvalue weighted by Gasteiger charge is 2.21. The summed E-state index contributed by atoms with van der Waals surface area (Å²) < 4.78 is 13.9. The molecular weight excluding hydrogens is 384 g/mol. The number of hydrogen-bond acceptors (Lipinski definition) is 5. The molecule has 154 valence electrons. The number of carbonyl (C=O) groups is 1. The Hall–Kier alpha value is -3.81. The number of nitrogens with one attached hydrogen (secondary N) is 1. The van der Waals surface area contributed by atoms with Crippen molar-refractivity contribution in [2.24, 2.45) is 7.05 Å². The van der Waals surface area contributed by atoms with Crippen LogP contribution in [0.4, 0.5) is 0 Å². The van der Waals surface area contributed by atoms with Crippen LogP contribution in [0.2, 0.25) is 0 Å². The SMILES string of the molecule is COc1cccc(C(NC(=O)CCn2c(=O)oc3ccccc32)c2nccn2C)c1. The van der Waals surface area contributed by atoms with Crippen LogP contribution in [0.3, 0.4) is 0 Å². The molecular formula is C22H22N4O4. The van der Waals surface area contributed by atoms with Crippen molar-refractivity contribution >= 4 is 17.0 Å². The third-order valence-corrected chi connectivity index (χ3v) is 4.99. The minimum Gasteiger partial charge on any atom is -0.497 e. The predicted octanol–water partition coefficient (Wildman–Crippen LogP) is 2.63. The number of aromatic nitrogens is 3. The minimum absolute atomic E-state index is 0.119. The normalized spacial score (nSPS) is 12.1. The van der Waals surface area contributed by atoms with E-state index in [-0.39, 0.29) is 18.9 Å². The maximum absolute atomic E-state index is 12.8. The van der Waals surface area contributed by atoms with Gasteiger partial charge in [-0.2, -0.15) is 0 Å². The molecule has 1 N–H and O–H groups in total. The summed E-state index contributed by atoms with van der Waals surface area (Å²) in [6.07, 6.45) is 3.63. The second-order valence-electron chi connectivity index (χ2n) is 6.91. The summed E-state index contributed by atoms with van der Waals surface area (Å²) >= 11 is 0. The van der Waals surface area contributed by atoms with Crippen molar-refractivity contribution in [3.63, 3.8) is 0 Å². The Morgan fingerprint density at radius 3 is 2.83 bits per heavy atom. The maximum Gasteiger partial charge on any atom is 0.419 e. The molecule has 0 aliphatic carbocycles. The predicted molar refractivity (Wildman–Crippen MR) is 111 cm³/mol. The number of carbonyl (C=O) groups excluding carboxylic acids is 1.